The minimum atomic E-state index is 0.0418. The van der Waals surface area contributed by atoms with Gasteiger partial charge >= 0.3 is 0 Å². The van der Waals surface area contributed by atoms with Crippen LogP contribution in [0, 0.1) is 0 Å². The van der Waals surface area contributed by atoms with Gasteiger partial charge in [-0.15, -0.1) is 11.3 Å². The molecule has 5 rings (SSSR count). The minimum absolute atomic E-state index is 0.0418. The molecule has 0 bridgehead atoms. The van der Waals surface area contributed by atoms with E-state index in [4.69, 9.17) is 11.6 Å². The van der Waals surface area contributed by atoms with Gasteiger partial charge in [0, 0.05) is 35.3 Å². The first-order valence-electron chi connectivity index (χ1n) is 10.2. The van der Waals surface area contributed by atoms with Crippen LogP contribution in [0.15, 0.2) is 62.4 Å². The van der Waals surface area contributed by atoms with Gasteiger partial charge in [0.05, 0.1) is 17.1 Å². The molecule has 0 fully saturated rings. The number of fused-ring (bicyclic) bond motifs is 1. The molecule has 168 valence electrons. The van der Waals surface area contributed by atoms with Gasteiger partial charge in [-0.25, -0.2) is 4.98 Å². The lowest BCUT2D eigenvalue weighted by atomic mass is 10.3. The molecule has 1 aromatic carbocycles. The number of benzene rings is 1. The van der Waals surface area contributed by atoms with E-state index >= 15 is 0 Å². The predicted octanol–water partition coefficient (Wildman–Crippen LogP) is 4.27. The normalized spacial score (nSPS) is 15.4. The van der Waals surface area contributed by atoms with E-state index in [1.54, 1.807) is 29.3 Å². The maximum absolute atomic E-state index is 13.4. The van der Waals surface area contributed by atoms with Gasteiger partial charge in [0.1, 0.15) is 18.8 Å². The van der Waals surface area contributed by atoms with Crippen LogP contribution in [0.4, 0.5) is 5.69 Å². The Morgan fingerprint density at radius 3 is 2.94 bits per heavy atom. The van der Waals surface area contributed by atoms with E-state index in [9.17, 15) is 4.79 Å². The molecular weight excluding hydrogens is 560 g/mol. The molecule has 0 saturated carbocycles. The summed E-state index contributed by atoms with van der Waals surface area (Å²) in [4.78, 5) is 20.8. The van der Waals surface area contributed by atoms with Crippen molar-refractivity contribution in [3.63, 3.8) is 0 Å². The van der Waals surface area contributed by atoms with Gasteiger partial charge < -0.3 is 4.90 Å². The summed E-state index contributed by atoms with van der Waals surface area (Å²) in [6.07, 6.45) is 5.95. The fourth-order valence-corrected chi connectivity index (χ4v) is 7.65. The van der Waals surface area contributed by atoms with Crippen LogP contribution in [0.1, 0.15) is 17.5 Å². The fraction of sp³-hybridized carbons (Fsp3) is 0.174. The molecule has 0 atom stereocenters. The van der Waals surface area contributed by atoms with Gasteiger partial charge in [0.25, 0.3) is 10.6 Å². The van der Waals surface area contributed by atoms with Crippen LogP contribution in [0.3, 0.4) is 0 Å². The maximum atomic E-state index is 13.4. The molecule has 0 radical (unpaired) electrons. The Balaban J connectivity index is 1.61. The Morgan fingerprint density at radius 2 is 2.15 bits per heavy atom. The minimum Gasteiger partial charge on any atom is -0.337 e. The molecule has 5 nitrogen and oxygen atoms in total. The molecule has 1 aliphatic heterocycles. The van der Waals surface area contributed by atoms with Crippen molar-refractivity contribution in [1.82, 2.24) is 9.55 Å². The van der Waals surface area contributed by atoms with Crippen molar-refractivity contribution >= 4 is 78.8 Å². The second kappa shape index (κ2) is 9.38. The van der Waals surface area contributed by atoms with Gasteiger partial charge in [-0.3, -0.25) is 9.36 Å². The quantitative estimate of drug-likeness (QED) is 0.268. The Morgan fingerprint density at radius 1 is 1.30 bits per heavy atom. The third-order valence-corrected chi connectivity index (χ3v) is 9.62. The molecule has 0 amide bonds. The second-order valence-corrected chi connectivity index (χ2v) is 11.5. The van der Waals surface area contributed by atoms with Crippen LogP contribution in [0.25, 0.3) is 11.1 Å². The maximum Gasteiger partial charge on any atom is 0.271 e. The molecule has 0 spiro atoms. The number of pyridine rings is 1. The van der Waals surface area contributed by atoms with Crippen molar-refractivity contribution in [2.45, 2.75) is 24.9 Å². The number of aromatic nitrogens is 3. The van der Waals surface area contributed by atoms with Crippen LogP contribution in [-0.2, 0) is 13.1 Å². The zero-order chi connectivity index (χ0) is 23.1. The molecule has 4 heterocycles. The molecule has 33 heavy (non-hydrogen) atoms. The number of hydrogen-bond donors (Lipinski definition) is 0. The highest BCUT2D eigenvalue weighted by molar-refractivity contribution is 9.10. The van der Waals surface area contributed by atoms with Crippen molar-refractivity contribution in [3.05, 3.63) is 87.9 Å². The number of anilines is 1. The molecule has 10 heteroatoms. The van der Waals surface area contributed by atoms with Crippen molar-refractivity contribution in [3.8, 4) is 0 Å². The Kier molecular flexibility index (Phi) is 6.50. The molecule has 3 aromatic heterocycles. The summed E-state index contributed by atoms with van der Waals surface area (Å²) >= 11 is 14.5. The average molecular weight is 579 g/mol. The lowest BCUT2D eigenvalue weighted by Crippen LogP contribution is -2.36. The summed E-state index contributed by atoms with van der Waals surface area (Å²) in [6, 6.07) is 9.84. The Hall–Kier alpha value is -1.91. The Bertz CT molecular complexity index is 1540. The third kappa shape index (κ3) is 4.33. The number of thioether (sulfide) groups is 1. The molecule has 0 aliphatic carbocycles. The van der Waals surface area contributed by atoms with E-state index in [1.165, 1.54) is 11.3 Å². The summed E-state index contributed by atoms with van der Waals surface area (Å²) in [7, 11) is 2.00. The lowest BCUT2D eigenvalue weighted by Gasteiger charge is -2.12. The summed E-state index contributed by atoms with van der Waals surface area (Å²) in [5, 5.41) is 4.79. The first-order chi connectivity index (χ1) is 16.0. The standard InChI is InChI=1S/C23H19BrClN4OS3/c1-3-29-19(12-18-28(9-10-31-18)13-14-5-4-8-26-21(14)24)33-20(22(29)30)23-27(2)16-7-6-15(25)11-17(16)32-23/h4-12H,3,13H2,1-2H3/q+1/b23-20+. The van der Waals surface area contributed by atoms with Gasteiger partial charge in [-0.2, -0.15) is 4.57 Å². The molecule has 0 saturated heterocycles. The van der Waals surface area contributed by atoms with Crippen LogP contribution >= 0.6 is 62.0 Å². The van der Waals surface area contributed by atoms with E-state index in [0.717, 1.165) is 40.0 Å². The van der Waals surface area contributed by atoms with E-state index in [1.807, 2.05) is 42.8 Å². The SMILES string of the molecule is CCn1c(=O)/c(=C2\Sc3cc(Cl)ccc3N2C)s/c1=C\c1scc[n+]1Cc1cccnc1Br. The number of hydrogen-bond acceptors (Lipinski definition) is 6. The fourth-order valence-electron chi connectivity index (χ4n) is 3.68. The van der Waals surface area contributed by atoms with Crippen molar-refractivity contribution in [2.24, 2.45) is 0 Å². The number of thiazole rings is 2. The van der Waals surface area contributed by atoms with Crippen LogP contribution in [-0.4, -0.2) is 16.6 Å². The van der Waals surface area contributed by atoms with Crippen molar-refractivity contribution in [1.29, 1.82) is 0 Å². The smallest absolute Gasteiger partial charge is 0.271 e. The van der Waals surface area contributed by atoms with E-state index in [-0.39, 0.29) is 5.56 Å². The highest BCUT2D eigenvalue weighted by Crippen LogP contribution is 2.46. The van der Waals surface area contributed by atoms with Crippen LogP contribution in [0.5, 0.6) is 0 Å². The van der Waals surface area contributed by atoms with Gasteiger partial charge in [-0.05, 0) is 53.2 Å². The highest BCUT2D eigenvalue weighted by Gasteiger charge is 2.25. The van der Waals surface area contributed by atoms with Crippen molar-refractivity contribution < 1.29 is 4.57 Å². The van der Waals surface area contributed by atoms with E-state index in [0.29, 0.717) is 18.1 Å². The monoisotopic (exact) mass is 577 g/mol. The molecule has 0 unspecified atom stereocenters. The summed E-state index contributed by atoms with van der Waals surface area (Å²) in [5.41, 5.74) is 2.21. The number of rotatable bonds is 4. The zero-order valence-electron chi connectivity index (χ0n) is 17.8. The molecule has 1 aliphatic rings. The third-order valence-electron chi connectivity index (χ3n) is 5.35. The highest BCUT2D eigenvalue weighted by atomic mass is 79.9. The predicted molar refractivity (Wildman–Crippen MR) is 142 cm³/mol. The molecule has 4 aromatic rings. The lowest BCUT2D eigenvalue weighted by molar-refractivity contribution is -0.685. The van der Waals surface area contributed by atoms with Gasteiger partial charge in [0.2, 0.25) is 0 Å². The first kappa shape index (κ1) is 22.9. The summed E-state index contributed by atoms with van der Waals surface area (Å²) in [6.45, 7) is 3.32. The Labute approximate surface area is 216 Å². The number of halogens is 2. The number of nitrogens with zero attached hydrogens (tertiary/aromatic N) is 4. The van der Waals surface area contributed by atoms with Gasteiger partial charge in [0.15, 0.2) is 12.7 Å². The molecule has 0 N–H and O–H groups in total. The first-order valence-corrected chi connectivity index (χ1v) is 13.9. The molecular formula is C23H19BrClN4OS3+. The average Bonchev–Trinajstić information content (AvgIpc) is 3.46. The van der Waals surface area contributed by atoms with E-state index in [2.05, 4.69) is 54.1 Å². The van der Waals surface area contributed by atoms with Gasteiger partial charge in [-0.1, -0.05) is 34.7 Å². The van der Waals surface area contributed by atoms with E-state index < -0.39 is 0 Å². The second-order valence-electron chi connectivity index (χ2n) is 7.36. The largest absolute Gasteiger partial charge is 0.337 e. The summed E-state index contributed by atoms with van der Waals surface area (Å²) in [5.74, 6) is 0. The van der Waals surface area contributed by atoms with Crippen molar-refractivity contribution in [2.75, 3.05) is 11.9 Å². The van der Waals surface area contributed by atoms with Crippen LogP contribution in [0.2, 0.25) is 5.02 Å². The topological polar surface area (TPSA) is 42.0 Å². The summed E-state index contributed by atoms with van der Waals surface area (Å²) < 4.78 is 6.56. The zero-order valence-corrected chi connectivity index (χ0v) is 22.6. The van der Waals surface area contributed by atoms with Crippen LogP contribution < -0.4 is 24.2 Å².